The number of hydrogen-bond acceptors (Lipinski definition) is 5. The molecule has 0 aromatic carbocycles. The van der Waals surface area contributed by atoms with E-state index in [9.17, 15) is 9.59 Å². The first-order valence-electron chi connectivity index (χ1n) is 9.38. The molecular formula is C18H25N3O4. The average molecular weight is 347 g/mol. The van der Waals surface area contributed by atoms with Crippen LogP contribution in [0.3, 0.4) is 0 Å². The zero-order chi connectivity index (χ0) is 17.7. The first kappa shape index (κ1) is 17.0. The zero-order valence-corrected chi connectivity index (χ0v) is 14.7. The van der Waals surface area contributed by atoms with Crippen LogP contribution in [0.4, 0.5) is 0 Å². The Hall–Kier alpha value is -1.43. The van der Waals surface area contributed by atoms with Gasteiger partial charge in [-0.25, -0.2) is 0 Å². The lowest BCUT2D eigenvalue weighted by Crippen LogP contribution is -2.62. The third kappa shape index (κ3) is 1.97. The molecule has 0 aromatic rings. The second-order valence-electron chi connectivity index (χ2n) is 8.18. The summed E-state index contributed by atoms with van der Waals surface area (Å²) in [5.41, 5.74) is 6.97. The summed E-state index contributed by atoms with van der Waals surface area (Å²) in [7, 11) is 0. The monoisotopic (exact) mass is 347 g/mol. The SMILES string of the molecule is C[C@@H]1C[C@H]2CC(=O)[C@]3(CCCN=[N+]=[N-])C(=O)CC[C@]23C2(C1)OCCO2. The maximum atomic E-state index is 13.2. The first-order valence-corrected chi connectivity index (χ1v) is 9.38. The second kappa shape index (κ2) is 5.79. The molecule has 4 fully saturated rings. The Morgan fingerprint density at radius 1 is 1.28 bits per heavy atom. The van der Waals surface area contributed by atoms with E-state index in [1.807, 2.05) is 0 Å². The number of ketones is 2. The van der Waals surface area contributed by atoms with Gasteiger partial charge in [0.15, 0.2) is 5.79 Å². The van der Waals surface area contributed by atoms with Crippen molar-refractivity contribution in [1.82, 2.24) is 0 Å². The van der Waals surface area contributed by atoms with Crippen molar-refractivity contribution < 1.29 is 19.1 Å². The molecule has 4 atom stereocenters. The summed E-state index contributed by atoms with van der Waals surface area (Å²) in [6.07, 6.45) is 4.24. The van der Waals surface area contributed by atoms with Gasteiger partial charge in [0, 0.05) is 36.1 Å². The number of Topliss-reactive ketones (excluding diaryl/α,β-unsaturated/α-hetero) is 2. The Balaban J connectivity index is 1.80. The molecule has 0 bridgehead atoms. The fourth-order valence-electron chi connectivity index (χ4n) is 6.63. The maximum Gasteiger partial charge on any atom is 0.175 e. The van der Waals surface area contributed by atoms with Gasteiger partial charge < -0.3 is 9.47 Å². The van der Waals surface area contributed by atoms with Gasteiger partial charge in [-0.1, -0.05) is 12.0 Å². The summed E-state index contributed by atoms with van der Waals surface area (Å²) < 4.78 is 12.4. The topological polar surface area (TPSA) is 101 Å². The lowest BCUT2D eigenvalue weighted by molar-refractivity contribution is -0.294. The smallest absolute Gasteiger partial charge is 0.175 e. The normalized spacial score (nSPS) is 41.6. The molecule has 1 aliphatic heterocycles. The molecule has 0 radical (unpaired) electrons. The highest BCUT2D eigenvalue weighted by Gasteiger charge is 2.80. The van der Waals surface area contributed by atoms with Crippen LogP contribution in [0, 0.1) is 22.7 Å². The summed E-state index contributed by atoms with van der Waals surface area (Å²) in [6, 6.07) is 0. The van der Waals surface area contributed by atoms with Gasteiger partial charge in [-0.3, -0.25) is 9.59 Å². The van der Waals surface area contributed by atoms with Crippen LogP contribution < -0.4 is 0 Å². The van der Waals surface area contributed by atoms with Gasteiger partial charge in [0.05, 0.1) is 18.6 Å². The molecule has 3 aliphatic carbocycles. The predicted molar refractivity (Wildman–Crippen MR) is 88.5 cm³/mol. The number of carbonyl (C=O) groups excluding carboxylic acids is 2. The highest BCUT2D eigenvalue weighted by molar-refractivity contribution is 6.11. The quantitative estimate of drug-likeness (QED) is 0.256. The highest BCUT2D eigenvalue weighted by atomic mass is 16.7. The third-order valence-electron chi connectivity index (χ3n) is 7.20. The molecule has 1 heterocycles. The van der Waals surface area contributed by atoms with Crippen LogP contribution in [0.5, 0.6) is 0 Å². The van der Waals surface area contributed by atoms with Crippen molar-refractivity contribution in [2.45, 2.75) is 57.7 Å². The van der Waals surface area contributed by atoms with Crippen LogP contribution >= 0.6 is 0 Å². The number of rotatable bonds is 4. The fourth-order valence-corrected chi connectivity index (χ4v) is 6.63. The standard InChI is InChI=1S/C18H25N3O4/c1-12-9-13-10-15(23)16(4-2-6-20-21-19)14(22)3-5-17(13,16)18(11-12)24-7-8-25-18/h12-13H,2-11H2,1H3/t12-,13+,16+,17+/m1/s1. The number of nitrogens with zero attached hydrogens (tertiary/aromatic N) is 3. The average Bonchev–Trinajstić information content (AvgIpc) is 3.21. The van der Waals surface area contributed by atoms with Crippen molar-refractivity contribution in [3.8, 4) is 0 Å². The van der Waals surface area contributed by atoms with Crippen LogP contribution in [-0.2, 0) is 19.1 Å². The van der Waals surface area contributed by atoms with E-state index in [1.54, 1.807) is 0 Å². The van der Waals surface area contributed by atoms with Gasteiger partial charge in [-0.15, -0.1) is 0 Å². The van der Waals surface area contributed by atoms with E-state index < -0.39 is 16.6 Å². The Morgan fingerprint density at radius 2 is 2.04 bits per heavy atom. The third-order valence-corrected chi connectivity index (χ3v) is 7.20. The molecule has 0 N–H and O–H groups in total. The lowest BCUT2D eigenvalue weighted by atomic mass is 9.52. The maximum absolute atomic E-state index is 13.2. The van der Waals surface area contributed by atoms with Gasteiger partial charge >= 0.3 is 0 Å². The molecule has 0 aromatic heterocycles. The predicted octanol–water partition coefficient (Wildman–Crippen LogP) is 3.17. The first-order chi connectivity index (χ1) is 12.0. The van der Waals surface area contributed by atoms with Gasteiger partial charge in [-0.2, -0.15) is 0 Å². The van der Waals surface area contributed by atoms with Crippen LogP contribution in [-0.4, -0.2) is 37.1 Å². The fraction of sp³-hybridized carbons (Fsp3) is 0.889. The molecule has 25 heavy (non-hydrogen) atoms. The molecule has 0 amide bonds. The largest absolute Gasteiger partial charge is 0.347 e. The van der Waals surface area contributed by atoms with Crippen molar-refractivity contribution >= 4 is 11.6 Å². The molecule has 7 heteroatoms. The molecule has 7 nitrogen and oxygen atoms in total. The van der Waals surface area contributed by atoms with Crippen molar-refractivity contribution in [3.63, 3.8) is 0 Å². The number of hydrogen-bond donors (Lipinski definition) is 0. The Kier molecular flexibility index (Phi) is 3.94. The molecule has 136 valence electrons. The van der Waals surface area contributed by atoms with E-state index in [1.165, 1.54) is 0 Å². The van der Waals surface area contributed by atoms with E-state index in [0.717, 1.165) is 12.8 Å². The summed E-state index contributed by atoms with van der Waals surface area (Å²) in [5.74, 6) is -0.127. The Bertz CT molecular complexity index is 653. The minimum absolute atomic E-state index is 0.0500. The Labute approximate surface area is 147 Å². The highest BCUT2D eigenvalue weighted by Crippen LogP contribution is 2.73. The Morgan fingerprint density at radius 3 is 2.76 bits per heavy atom. The van der Waals surface area contributed by atoms with E-state index >= 15 is 0 Å². The summed E-state index contributed by atoms with van der Waals surface area (Å²) in [4.78, 5) is 29.1. The van der Waals surface area contributed by atoms with Crippen LogP contribution in [0.15, 0.2) is 5.11 Å². The summed E-state index contributed by atoms with van der Waals surface area (Å²) >= 11 is 0. The van der Waals surface area contributed by atoms with Crippen molar-refractivity contribution in [1.29, 1.82) is 0 Å². The molecule has 2 spiro atoms. The molecule has 0 unspecified atom stereocenters. The van der Waals surface area contributed by atoms with Crippen LogP contribution in [0.25, 0.3) is 10.4 Å². The van der Waals surface area contributed by atoms with E-state index in [4.69, 9.17) is 15.0 Å². The lowest BCUT2D eigenvalue weighted by Gasteiger charge is -2.56. The molecule has 3 saturated carbocycles. The van der Waals surface area contributed by atoms with Gasteiger partial charge in [-0.05, 0) is 43.1 Å². The second-order valence-corrected chi connectivity index (χ2v) is 8.18. The van der Waals surface area contributed by atoms with Gasteiger partial charge in [0.25, 0.3) is 0 Å². The van der Waals surface area contributed by atoms with Crippen molar-refractivity contribution in [3.05, 3.63) is 10.4 Å². The van der Waals surface area contributed by atoms with Gasteiger partial charge in [0.1, 0.15) is 11.6 Å². The van der Waals surface area contributed by atoms with Gasteiger partial charge in [0.2, 0.25) is 0 Å². The number of carbonyl (C=O) groups is 2. The van der Waals surface area contributed by atoms with Crippen LogP contribution in [0.1, 0.15) is 51.9 Å². The number of ether oxygens (including phenoxy) is 2. The molecule has 4 rings (SSSR count). The number of azide groups is 1. The zero-order valence-electron chi connectivity index (χ0n) is 14.7. The summed E-state index contributed by atoms with van der Waals surface area (Å²) in [5, 5.41) is 3.59. The minimum atomic E-state index is -1.01. The van der Waals surface area contributed by atoms with E-state index in [0.29, 0.717) is 57.8 Å². The molecule has 1 saturated heterocycles. The van der Waals surface area contributed by atoms with Crippen molar-refractivity contribution in [2.24, 2.45) is 27.8 Å². The van der Waals surface area contributed by atoms with Crippen LogP contribution in [0.2, 0.25) is 0 Å². The van der Waals surface area contributed by atoms with E-state index in [2.05, 4.69) is 16.9 Å². The minimum Gasteiger partial charge on any atom is -0.347 e. The van der Waals surface area contributed by atoms with Crippen molar-refractivity contribution in [2.75, 3.05) is 19.8 Å². The molecular weight excluding hydrogens is 322 g/mol. The summed E-state index contributed by atoms with van der Waals surface area (Å²) in [6.45, 7) is 3.55. The molecule has 4 aliphatic rings. The van der Waals surface area contributed by atoms with E-state index in [-0.39, 0.29) is 17.5 Å².